The standard InChI is InChI=1S/C53H87N8O28PS/c62-38(54-16-5-3-9-34(49(78)79)58(26-43(67)68)27-44(69)70)13-21-86-31-53(33-88-23-15-40(64)56-18-11-36(51(82)83)61(52(84)85)30-47(75)76,57-41(65)12-19-60-42(66)25-37(48(60)77)91-24-8-2-1-7-20-89-90)32-87-22-14-39(63)55-17-6-4-10-35(50(80)81)59(28-45(71)72)29-46(73)74/h34-37,40,56,64H,1-33,90H2,(H,54,62)(H,55,63)(H,57,65)(H,67,68)(H,69,70)(H,71,72)(H,73,74)(H,75,76)(H,78,79)(H,80,81)(H,82,83)(H,84,85). The molecule has 1 aliphatic rings. The van der Waals surface area contributed by atoms with Gasteiger partial charge in [-0.05, 0) is 63.5 Å². The Morgan fingerprint density at radius 2 is 1.00 bits per heavy atom. The monoisotopic (exact) mass is 1350 g/mol. The number of thioether (sulfide) groups is 1. The smallest absolute Gasteiger partial charge is 0.408 e. The third kappa shape index (κ3) is 36.6. The second kappa shape index (κ2) is 46.2. The molecule has 0 spiro atoms. The van der Waals surface area contributed by atoms with Crippen LogP contribution in [0.15, 0.2) is 0 Å². The van der Waals surface area contributed by atoms with Crippen molar-refractivity contribution < 1.29 is 137 Å². The van der Waals surface area contributed by atoms with Crippen LogP contribution in [0.2, 0.25) is 0 Å². The van der Waals surface area contributed by atoms with Crippen LogP contribution in [0.25, 0.3) is 0 Å². The van der Waals surface area contributed by atoms with E-state index in [0.717, 1.165) is 40.4 Å². The Morgan fingerprint density at radius 1 is 0.538 bits per heavy atom. The van der Waals surface area contributed by atoms with Crippen LogP contribution in [-0.2, 0) is 81.1 Å². The number of carboxylic acid groups (broad SMARTS) is 9. The van der Waals surface area contributed by atoms with E-state index in [2.05, 4.69) is 30.7 Å². The molecule has 1 saturated heterocycles. The first-order valence-electron chi connectivity index (χ1n) is 29.0. The summed E-state index contributed by atoms with van der Waals surface area (Å²) in [6, 6.07) is -4.73. The van der Waals surface area contributed by atoms with Gasteiger partial charge in [0.1, 0.15) is 36.4 Å². The Morgan fingerprint density at radius 3 is 1.44 bits per heavy atom. The third-order valence-corrected chi connectivity index (χ3v) is 15.1. The Bertz CT molecular complexity index is 2280. The van der Waals surface area contributed by atoms with E-state index in [1.807, 2.05) is 0 Å². The number of unbranched alkanes of at least 4 members (excludes halogenated alkanes) is 5. The number of likely N-dealkylation sites (tertiary alicyclic amines) is 1. The molecule has 518 valence electrons. The first kappa shape index (κ1) is 82.1. The van der Waals surface area contributed by atoms with Crippen molar-refractivity contribution in [1.82, 2.24) is 40.9 Å². The van der Waals surface area contributed by atoms with Crippen molar-refractivity contribution in [1.29, 1.82) is 0 Å². The first-order chi connectivity index (χ1) is 43.0. The predicted molar refractivity (Wildman–Crippen MR) is 316 cm³/mol. The van der Waals surface area contributed by atoms with E-state index in [-0.39, 0.29) is 115 Å². The van der Waals surface area contributed by atoms with Crippen LogP contribution in [0, 0.1) is 0 Å². The number of nitrogens with zero attached hydrogens (tertiary/aromatic N) is 4. The molecule has 6 unspecified atom stereocenters. The fourth-order valence-electron chi connectivity index (χ4n) is 9.10. The lowest BCUT2D eigenvalue weighted by molar-refractivity contribution is -0.152. The number of amides is 6. The molecule has 0 aromatic heterocycles. The molecule has 0 saturated carbocycles. The lowest BCUT2D eigenvalue weighted by Crippen LogP contribution is -2.59. The van der Waals surface area contributed by atoms with Crippen LogP contribution in [0.1, 0.15) is 103 Å². The van der Waals surface area contributed by atoms with Gasteiger partial charge in [-0.25, -0.2) is 9.59 Å². The fourth-order valence-corrected chi connectivity index (χ4v) is 10.5. The summed E-state index contributed by atoms with van der Waals surface area (Å²) >= 11 is 1.33. The van der Waals surface area contributed by atoms with Crippen LogP contribution >= 0.6 is 21.2 Å². The lowest BCUT2D eigenvalue weighted by Gasteiger charge is -2.34. The van der Waals surface area contributed by atoms with Crippen LogP contribution in [0.5, 0.6) is 0 Å². The molecule has 6 atom stereocenters. The number of imide groups is 1. The molecule has 0 aromatic rings. The van der Waals surface area contributed by atoms with E-state index in [1.165, 1.54) is 11.8 Å². The van der Waals surface area contributed by atoms with Crippen molar-refractivity contribution in [2.45, 2.75) is 138 Å². The number of nitrogens with one attached hydrogen (secondary N) is 4. The maximum Gasteiger partial charge on any atom is 0.408 e. The van der Waals surface area contributed by atoms with Gasteiger partial charge in [-0.15, -0.1) is 11.8 Å². The topological polar surface area (TPSA) is 539 Å². The van der Waals surface area contributed by atoms with Crippen LogP contribution in [0.3, 0.4) is 0 Å². The van der Waals surface area contributed by atoms with Crippen molar-refractivity contribution in [3.63, 3.8) is 0 Å². The molecule has 1 rings (SSSR count). The van der Waals surface area contributed by atoms with Crippen molar-refractivity contribution in [3.8, 4) is 0 Å². The summed E-state index contributed by atoms with van der Waals surface area (Å²) in [5, 5.41) is 105. The van der Waals surface area contributed by atoms with Crippen molar-refractivity contribution in [3.05, 3.63) is 0 Å². The van der Waals surface area contributed by atoms with E-state index in [1.54, 1.807) is 0 Å². The first-order valence-corrected chi connectivity index (χ1v) is 30.6. The third-order valence-electron chi connectivity index (χ3n) is 13.5. The fraction of sp³-hybridized carbons (Fsp3) is 0.736. The molecule has 6 amide bonds. The summed E-state index contributed by atoms with van der Waals surface area (Å²) in [6.07, 6.45) is -1.36. The molecule has 1 heterocycles. The van der Waals surface area contributed by atoms with Gasteiger partial charge in [0.25, 0.3) is 0 Å². The molecular weight excluding hydrogens is 1260 g/mol. The molecule has 0 radical (unpaired) electrons. The number of hydrogen-bond donors (Lipinski definition) is 14. The number of aliphatic hydroxyl groups excluding tert-OH is 1. The minimum Gasteiger partial charge on any atom is -0.480 e. The highest BCUT2D eigenvalue weighted by atomic mass is 32.2. The summed E-state index contributed by atoms with van der Waals surface area (Å²) in [4.78, 5) is 173. The Hall–Kier alpha value is -6.96. The molecule has 1 fully saturated rings. The summed E-state index contributed by atoms with van der Waals surface area (Å²) in [7, 11) is 2.18. The van der Waals surface area contributed by atoms with Gasteiger partial charge >= 0.3 is 53.8 Å². The molecule has 0 bridgehead atoms. The van der Waals surface area contributed by atoms with E-state index >= 15 is 0 Å². The molecule has 38 heteroatoms. The van der Waals surface area contributed by atoms with Crippen LogP contribution in [0.4, 0.5) is 4.79 Å². The molecule has 14 N–H and O–H groups in total. The zero-order valence-electron chi connectivity index (χ0n) is 50.3. The number of carboxylic acids is 8. The second-order valence-corrected chi connectivity index (χ2v) is 22.6. The van der Waals surface area contributed by atoms with E-state index in [0.29, 0.717) is 12.4 Å². The highest BCUT2D eigenvalue weighted by molar-refractivity contribution is 8.00. The van der Waals surface area contributed by atoms with Gasteiger partial charge in [0.2, 0.25) is 29.5 Å². The molecular formula is C53H87N8O28PS. The molecule has 91 heavy (non-hydrogen) atoms. The Labute approximate surface area is 529 Å². The summed E-state index contributed by atoms with van der Waals surface area (Å²) in [6.45, 7) is -7.09. The lowest BCUT2D eigenvalue weighted by atomic mass is 10.0. The molecule has 0 aliphatic carbocycles. The molecule has 36 nitrogen and oxygen atoms in total. The van der Waals surface area contributed by atoms with Gasteiger partial charge in [-0.3, -0.25) is 82.5 Å². The quantitative estimate of drug-likeness (QED) is 0.0134. The van der Waals surface area contributed by atoms with Crippen molar-refractivity contribution >= 4 is 105 Å². The van der Waals surface area contributed by atoms with E-state index < -0.39 is 184 Å². The number of aliphatic carboxylic acids is 8. The number of hydrogen-bond acceptors (Lipinski definition) is 23. The number of ether oxygens (including phenoxy) is 3. The van der Waals surface area contributed by atoms with Crippen molar-refractivity contribution in [2.75, 3.05) is 111 Å². The normalized spacial score (nSPS) is 15.1. The average Bonchev–Trinajstić information content (AvgIpc) is 1.81. The summed E-state index contributed by atoms with van der Waals surface area (Å²) in [5.41, 5.74) is -1.73. The Balaban J connectivity index is 3.34. The highest BCUT2D eigenvalue weighted by Crippen LogP contribution is 2.27. The number of carbonyl (C=O) groups is 14. The van der Waals surface area contributed by atoms with Crippen molar-refractivity contribution in [2.24, 2.45) is 0 Å². The van der Waals surface area contributed by atoms with Crippen LogP contribution in [-0.4, -0.2) is 300 Å². The SMILES string of the molecule is O=C(O)CN(CC(=O)O)C(CCCCNC(=O)CCOCC(COCCC(=O)NCCCCC(C(=O)O)N(CC(=O)O)CC(=O)O)(COCCC(O)NCCC(C(=O)O)N(CC(=O)O)C(=O)O)NC(=O)CCN1C(=O)CC(SCCCCCCOP)C1=O)C(=O)O. The van der Waals surface area contributed by atoms with Crippen LogP contribution < -0.4 is 21.3 Å². The summed E-state index contributed by atoms with van der Waals surface area (Å²) < 4.78 is 22.7. The average molecular weight is 1350 g/mol. The van der Waals surface area contributed by atoms with Gasteiger partial charge in [0.15, 0.2) is 0 Å². The molecule has 0 aromatic carbocycles. The number of carbonyl (C=O) groups excluding carboxylic acids is 5. The minimum absolute atomic E-state index is 0.00789. The zero-order valence-corrected chi connectivity index (χ0v) is 52.3. The number of rotatable bonds is 57. The largest absolute Gasteiger partial charge is 0.480 e. The molecule has 1 aliphatic heterocycles. The maximum absolute atomic E-state index is 14.0. The zero-order chi connectivity index (χ0) is 68.5. The second-order valence-electron chi connectivity index (χ2n) is 21.0. The Kier molecular flexibility index (Phi) is 41.6. The highest BCUT2D eigenvalue weighted by Gasteiger charge is 2.40. The van der Waals surface area contributed by atoms with Gasteiger partial charge in [-0.2, -0.15) is 0 Å². The van der Waals surface area contributed by atoms with Gasteiger partial charge in [0, 0.05) is 67.7 Å². The number of aliphatic hydroxyl groups is 1. The van der Waals surface area contributed by atoms with Gasteiger partial charge in [-0.1, -0.05) is 12.8 Å². The van der Waals surface area contributed by atoms with E-state index in [4.69, 9.17) is 23.8 Å². The van der Waals surface area contributed by atoms with E-state index in [9.17, 15) is 113 Å². The predicted octanol–water partition coefficient (Wildman–Crippen LogP) is -2.08. The van der Waals surface area contributed by atoms with Gasteiger partial charge in [0.05, 0.1) is 77.7 Å². The summed E-state index contributed by atoms with van der Waals surface area (Å²) in [5.74, 6) is -14.2. The van der Waals surface area contributed by atoms with Gasteiger partial charge < -0.3 is 85.7 Å². The minimum atomic E-state index is -1.82. The maximum atomic E-state index is 14.0.